The molecule has 0 saturated heterocycles. The molecule has 0 spiro atoms. The molecular formula is C15H17NO2. The number of carbonyl (C=O) groups is 1. The zero-order valence-corrected chi connectivity index (χ0v) is 10.8. The van der Waals surface area contributed by atoms with Crippen molar-refractivity contribution in [3.05, 3.63) is 41.7 Å². The van der Waals surface area contributed by atoms with Gasteiger partial charge in [0, 0.05) is 23.7 Å². The molecule has 0 atom stereocenters. The average molecular weight is 243 g/mol. The summed E-state index contributed by atoms with van der Waals surface area (Å²) < 4.78 is 4.92. The predicted octanol–water partition coefficient (Wildman–Crippen LogP) is 3.04. The van der Waals surface area contributed by atoms with Crippen LogP contribution in [0.4, 0.5) is 0 Å². The van der Waals surface area contributed by atoms with Crippen molar-refractivity contribution >= 4 is 16.7 Å². The van der Waals surface area contributed by atoms with Gasteiger partial charge in [0.2, 0.25) is 0 Å². The van der Waals surface area contributed by atoms with E-state index in [4.69, 9.17) is 4.74 Å². The monoisotopic (exact) mass is 243 g/mol. The fourth-order valence-corrected chi connectivity index (χ4v) is 1.94. The number of hydrogen-bond donors (Lipinski definition) is 0. The molecule has 0 fully saturated rings. The van der Waals surface area contributed by atoms with Crippen LogP contribution in [0.25, 0.3) is 10.8 Å². The lowest BCUT2D eigenvalue weighted by Gasteiger charge is -2.04. The van der Waals surface area contributed by atoms with Crippen molar-refractivity contribution in [3.63, 3.8) is 0 Å². The third-order valence-electron chi connectivity index (χ3n) is 2.85. The highest BCUT2D eigenvalue weighted by Gasteiger charge is 2.03. The average Bonchev–Trinajstić information content (AvgIpc) is 2.36. The van der Waals surface area contributed by atoms with Crippen LogP contribution in [0.1, 0.15) is 24.6 Å². The lowest BCUT2D eigenvalue weighted by atomic mass is 10.0. The van der Waals surface area contributed by atoms with Gasteiger partial charge in [0.15, 0.2) is 0 Å². The molecule has 94 valence electrons. The normalized spacial score (nSPS) is 10.6. The number of hydrogen-bond acceptors (Lipinski definition) is 3. The Bertz CT molecular complexity index is 563. The molecule has 2 aromatic rings. The van der Waals surface area contributed by atoms with Crippen LogP contribution in [-0.4, -0.2) is 17.6 Å². The number of aromatic nitrogens is 1. The molecule has 0 radical (unpaired) electrons. The lowest BCUT2D eigenvalue weighted by molar-refractivity contribution is -0.143. The fourth-order valence-electron chi connectivity index (χ4n) is 1.94. The Kier molecular flexibility index (Phi) is 3.92. The lowest BCUT2D eigenvalue weighted by Crippen LogP contribution is -2.05. The number of aryl methyl sites for hydroxylation is 2. The number of esters is 1. The zero-order chi connectivity index (χ0) is 13.0. The molecule has 3 heteroatoms. The Morgan fingerprint density at radius 2 is 2.11 bits per heavy atom. The molecule has 0 N–H and O–H groups in total. The molecular weight excluding hydrogens is 226 g/mol. The molecule has 18 heavy (non-hydrogen) atoms. The second-order valence-corrected chi connectivity index (χ2v) is 4.31. The molecule has 0 aliphatic rings. The van der Waals surface area contributed by atoms with Gasteiger partial charge in [0.1, 0.15) is 0 Å². The van der Waals surface area contributed by atoms with E-state index < -0.39 is 0 Å². The van der Waals surface area contributed by atoms with Crippen LogP contribution in [0.2, 0.25) is 0 Å². The van der Waals surface area contributed by atoms with E-state index in [0.29, 0.717) is 13.0 Å². The van der Waals surface area contributed by atoms with E-state index in [1.54, 1.807) is 0 Å². The molecule has 1 aromatic heterocycles. The minimum Gasteiger partial charge on any atom is -0.466 e. The van der Waals surface area contributed by atoms with Crippen molar-refractivity contribution < 1.29 is 9.53 Å². The van der Waals surface area contributed by atoms with Crippen LogP contribution in [0, 0.1) is 6.92 Å². The van der Waals surface area contributed by atoms with Gasteiger partial charge in [-0.15, -0.1) is 0 Å². The van der Waals surface area contributed by atoms with Gasteiger partial charge in [0.05, 0.1) is 6.61 Å². The first-order valence-corrected chi connectivity index (χ1v) is 6.20. The minimum atomic E-state index is -0.136. The quantitative estimate of drug-likeness (QED) is 0.775. The second-order valence-electron chi connectivity index (χ2n) is 4.31. The molecule has 3 nitrogen and oxygen atoms in total. The van der Waals surface area contributed by atoms with E-state index in [0.717, 1.165) is 23.1 Å². The van der Waals surface area contributed by atoms with Crippen LogP contribution >= 0.6 is 0 Å². The zero-order valence-electron chi connectivity index (χ0n) is 10.8. The van der Waals surface area contributed by atoms with Crippen LogP contribution in [0.5, 0.6) is 0 Å². The van der Waals surface area contributed by atoms with Gasteiger partial charge in [0.25, 0.3) is 0 Å². The Labute approximate surface area is 107 Å². The first kappa shape index (κ1) is 12.6. The summed E-state index contributed by atoms with van der Waals surface area (Å²) in [7, 11) is 0. The Hall–Kier alpha value is -1.90. The maximum atomic E-state index is 11.3. The topological polar surface area (TPSA) is 39.2 Å². The molecule has 0 aliphatic carbocycles. The molecule has 1 heterocycles. The summed E-state index contributed by atoms with van der Waals surface area (Å²) in [6.07, 6.45) is 3.03. The summed E-state index contributed by atoms with van der Waals surface area (Å²) in [5.74, 6) is -0.136. The molecule has 0 saturated carbocycles. The van der Waals surface area contributed by atoms with E-state index in [1.165, 1.54) is 5.39 Å². The van der Waals surface area contributed by atoms with Gasteiger partial charge in [-0.1, -0.05) is 18.2 Å². The van der Waals surface area contributed by atoms with E-state index in [1.807, 2.05) is 32.2 Å². The maximum absolute atomic E-state index is 11.3. The Balaban J connectivity index is 2.12. The van der Waals surface area contributed by atoms with E-state index in [2.05, 4.69) is 17.1 Å². The SMILES string of the molecule is CCOC(=O)CCc1ccc2cnc(C)cc2c1. The standard InChI is InChI=1S/C15H17NO2/c1-3-18-15(17)7-5-12-4-6-13-10-16-11(2)8-14(13)9-12/h4,6,8-10H,3,5,7H2,1-2H3. The number of ether oxygens (including phenoxy) is 1. The number of carbonyl (C=O) groups excluding carboxylic acids is 1. The van der Waals surface area contributed by atoms with Crippen LogP contribution in [0.3, 0.4) is 0 Å². The summed E-state index contributed by atoms with van der Waals surface area (Å²) in [6.45, 7) is 4.25. The highest BCUT2D eigenvalue weighted by atomic mass is 16.5. The summed E-state index contributed by atoms with van der Waals surface area (Å²) in [6, 6.07) is 8.26. The van der Waals surface area contributed by atoms with E-state index in [9.17, 15) is 4.79 Å². The number of benzene rings is 1. The number of rotatable bonds is 4. The van der Waals surface area contributed by atoms with Gasteiger partial charge in [-0.2, -0.15) is 0 Å². The van der Waals surface area contributed by atoms with Crippen LogP contribution in [-0.2, 0) is 16.0 Å². The molecule has 0 unspecified atom stereocenters. The van der Waals surface area contributed by atoms with Gasteiger partial charge in [-0.25, -0.2) is 0 Å². The molecule has 2 rings (SSSR count). The first-order chi connectivity index (χ1) is 8.69. The maximum Gasteiger partial charge on any atom is 0.306 e. The van der Waals surface area contributed by atoms with Gasteiger partial charge in [-0.3, -0.25) is 9.78 Å². The van der Waals surface area contributed by atoms with E-state index in [-0.39, 0.29) is 5.97 Å². The largest absolute Gasteiger partial charge is 0.466 e. The summed E-state index contributed by atoms with van der Waals surface area (Å²) in [5, 5.41) is 2.30. The number of pyridine rings is 1. The predicted molar refractivity (Wildman–Crippen MR) is 71.4 cm³/mol. The van der Waals surface area contributed by atoms with Crippen LogP contribution < -0.4 is 0 Å². The van der Waals surface area contributed by atoms with Crippen LogP contribution in [0.15, 0.2) is 30.5 Å². The van der Waals surface area contributed by atoms with Crippen molar-refractivity contribution in [2.24, 2.45) is 0 Å². The van der Waals surface area contributed by atoms with Gasteiger partial charge >= 0.3 is 5.97 Å². The van der Waals surface area contributed by atoms with Crippen molar-refractivity contribution in [1.29, 1.82) is 0 Å². The Morgan fingerprint density at radius 3 is 2.89 bits per heavy atom. The first-order valence-electron chi connectivity index (χ1n) is 6.20. The molecule has 0 aliphatic heterocycles. The third kappa shape index (κ3) is 3.06. The van der Waals surface area contributed by atoms with Gasteiger partial charge in [-0.05, 0) is 37.3 Å². The van der Waals surface area contributed by atoms with Gasteiger partial charge < -0.3 is 4.74 Å². The summed E-state index contributed by atoms with van der Waals surface area (Å²) in [5.41, 5.74) is 2.16. The Morgan fingerprint density at radius 1 is 1.28 bits per heavy atom. The molecule has 0 amide bonds. The highest BCUT2D eigenvalue weighted by molar-refractivity contribution is 5.82. The van der Waals surface area contributed by atoms with Crippen molar-refractivity contribution in [1.82, 2.24) is 4.98 Å². The molecule has 0 bridgehead atoms. The highest BCUT2D eigenvalue weighted by Crippen LogP contribution is 2.17. The van der Waals surface area contributed by atoms with Crippen molar-refractivity contribution in [3.8, 4) is 0 Å². The molecule has 1 aromatic carbocycles. The smallest absolute Gasteiger partial charge is 0.306 e. The number of nitrogens with zero attached hydrogens (tertiary/aromatic N) is 1. The van der Waals surface area contributed by atoms with Crippen molar-refractivity contribution in [2.75, 3.05) is 6.61 Å². The van der Waals surface area contributed by atoms with E-state index >= 15 is 0 Å². The number of fused-ring (bicyclic) bond motifs is 1. The minimum absolute atomic E-state index is 0.136. The van der Waals surface area contributed by atoms with Crippen molar-refractivity contribution in [2.45, 2.75) is 26.7 Å². The summed E-state index contributed by atoms with van der Waals surface area (Å²) >= 11 is 0. The summed E-state index contributed by atoms with van der Waals surface area (Å²) in [4.78, 5) is 15.6. The third-order valence-corrected chi connectivity index (χ3v) is 2.85. The second kappa shape index (κ2) is 5.63. The fraction of sp³-hybridized carbons (Fsp3) is 0.333.